The Morgan fingerprint density at radius 3 is 2.75 bits per heavy atom. The van der Waals surface area contributed by atoms with E-state index in [0.29, 0.717) is 27.5 Å². The Balaban J connectivity index is 2.01. The highest BCUT2D eigenvalue weighted by molar-refractivity contribution is 7.14. The van der Waals surface area contributed by atoms with Crippen LogP contribution in [0.1, 0.15) is 31.8 Å². The number of ketones is 1. The highest BCUT2D eigenvalue weighted by atomic mass is 35.5. The van der Waals surface area contributed by atoms with Crippen molar-refractivity contribution in [2.45, 2.75) is 13.3 Å². The van der Waals surface area contributed by atoms with Gasteiger partial charge >= 0.3 is 0 Å². The number of benzene rings is 1. The number of hydrogen-bond donors (Lipinski definition) is 0. The normalized spacial score (nSPS) is 10.3. The zero-order valence-corrected chi connectivity index (χ0v) is 12.5. The topological polar surface area (TPSA) is 43.4 Å². The summed E-state index contributed by atoms with van der Waals surface area (Å²) in [6, 6.07) is 8.45. The molecule has 20 heavy (non-hydrogen) atoms. The molecule has 2 aromatic rings. The van der Waals surface area contributed by atoms with Gasteiger partial charge in [-0.05, 0) is 36.8 Å². The summed E-state index contributed by atoms with van der Waals surface area (Å²) in [5.74, 6) is 0.322. The molecule has 0 spiro atoms. The predicted octanol–water partition coefficient (Wildman–Crippen LogP) is 4.04. The van der Waals surface area contributed by atoms with Gasteiger partial charge in [0, 0.05) is 10.4 Å². The molecule has 3 nitrogen and oxygen atoms in total. The third kappa shape index (κ3) is 3.46. The quantitative estimate of drug-likeness (QED) is 0.597. The fourth-order valence-electron chi connectivity index (χ4n) is 1.64. The van der Waals surface area contributed by atoms with E-state index in [1.165, 1.54) is 22.3 Å². The van der Waals surface area contributed by atoms with Crippen LogP contribution in [0.2, 0.25) is 5.02 Å². The van der Waals surface area contributed by atoms with Gasteiger partial charge in [0.05, 0.1) is 9.90 Å². The second kappa shape index (κ2) is 6.68. The van der Waals surface area contributed by atoms with Crippen molar-refractivity contribution in [3.05, 3.63) is 50.7 Å². The summed E-state index contributed by atoms with van der Waals surface area (Å²) in [6.07, 6.45) is 1.62. The molecule has 0 fully saturated rings. The SMILES string of the molecule is CCc1ccc(C(=O)COc2ccc(C=O)cc2Cl)s1. The van der Waals surface area contributed by atoms with Crippen LogP contribution in [-0.2, 0) is 6.42 Å². The van der Waals surface area contributed by atoms with Crippen molar-refractivity contribution in [2.75, 3.05) is 6.61 Å². The van der Waals surface area contributed by atoms with Crippen LogP contribution >= 0.6 is 22.9 Å². The number of carbonyl (C=O) groups excluding carboxylic acids is 2. The van der Waals surface area contributed by atoms with Crippen LogP contribution in [0.25, 0.3) is 0 Å². The molecule has 0 saturated heterocycles. The van der Waals surface area contributed by atoms with Crippen molar-refractivity contribution in [2.24, 2.45) is 0 Å². The lowest BCUT2D eigenvalue weighted by molar-refractivity contribution is 0.0925. The highest BCUT2D eigenvalue weighted by Crippen LogP contribution is 2.25. The van der Waals surface area contributed by atoms with Crippen molar-refractivity contribution < 1.29 is 14.3 Å². The first kappa shape index (κ1) is 14.8. The number of hydrogen-bond acceptors (Lipinski definition) is 4. The van der Waals surface area contributed by atoms with Gasteiger partial charge < -0.3 is 4.74 Å². The van der Waals surface area contributed by atoms with Crippen molar-refractivity contribution in [3.63, 3.8) is 0 Å². The Bertz CT molecular complexity index is 634. The lowest BCUT2D eigenvalue weighted by Gasteiger charge is -2.06. The first-order valence-corrected chi connectivity index (χ1v) is 7.33. The minimum absolute atomic E-state index is 0.0657. The summed E-state index contributed by atoms with van der Waals surface area (Å²) >= 11 is 7.45. The van der Waals surface area contributed by atoms with Crippen LogP contribution in [0, 0.1) is 0 Å². The molecule has 2 rings (SSSR count). The van der Waals surface area contributed by atoms with Gasteiger partial charge in [-0.2, -0.15) is 0 Å². The molecule has 0 atom stereocenters. The third-order valence-corrected chi connectivity index (χ3v) is 4.30. The Morgan fingerprint density at radius 1 is 1.35 bits per heavy atom. The molecule has 0 aliphatic carbocycles. The van der Waals surface area contributed by atoms with Crippen LogP contribution in [0.3, 0.4) is 0 Å². The van der Waals surface area contributed by atoms with E-state index < -0.39 is 0 Å². The standard InChI is InChI=1S/C15H13ClO3S/c1-2-11-4-6-15(20-11)13(18)9-19-14-5-3-10(8-17)7-12(14)16/h3-8H,2,9H2,1H3. The fraction of sp³-hybridized carbons (Fsp3) is 0.200. The van der Waals surface area contributed by atoms with E-state index in [0.717, 1.165) is 6.42 Å². The molecule has 0 unspecified atom stereocenters. The van der Waals surface area contributed by atoms with E-state index in [4.69, 9.17) is 16.3 Å². The maximum absolute atomic E-state index is 12.0. The van der Waals surface area contributed by atoms with E-state index in [-0.39, 0.29) is 12.4 Å². The van der Waals surface area contributed by atoms with Crippen molar-refractivity contribution in [1.82, 2.24) is 0 Å². The Hall–Kier alpha value is -1.65. The summed E-state index contributed by atoms with van der Waals surface area (Å²) in [5, 5.41) is 0.322. The average molecular weight is 309 g/mol. The number of Topliss-reactive ketones (excluding diaryl/α,β-unsaturated/α-hetero) is 1. The van der Waals surface area contributed by atoms with E-state index in [2.05, 4.69) is 0 Å². The monoisotopic (exact) mass is 308 g/mol. The maximum atomic E-state index is 12.0. The molecule has 1 aromatic heterocycles. The predicted molar refractivity (Wildman–Crippen MR) is 80.4 cm³/mol. The minimum Gasteiger partial charge on any atom is -0.484 e. The lowest BCUT2D eigenvalue weighted by atomic mass is 10.2. The van der Waals surface area contributed by atoms with Gasteiger partial charge in [0.15, 0.2) is 6.61 Å². The van der Waals surface area contributed by atoms with E-state index in [9.17, 15) is 9.59 Å². The van der Waals surface area contributed by atoms with Crippen molar-refractivity contribution in [3.8, 4) is 5.75 Å². The smallest absolute Gasteiger partial charge is 0.210 e. The average Bonchev–Trinajstić information content (AvgIpc) is 2.94. The maximum Gasteiger partial charge on any atom is 0.210 e. The minimum atomic E-state index is -0.0785. The molecular weight excluding hydrogens is 296 g/mol. The fourth-order valence-corrected chi connectivity index (χ4v) is 2.75. The van der Waals surface area contributed by atoms with E-state index in [1.54, 1.807) is 12.1 Å². The zero-order valence-electron chi connectivity index (χ0n) is 10.9. The second-order valence-corrected chi connectivity index (χ2v) is 5.71. The van der Waals surface area contributed by atoms with Crippen molar-refractivity contribution >= 4 is 35.0 Å². The van der Waals surface area contributed by atoms with Gasteiger partial charge in [0.1, 0.15) is 12.0 Å². The summed E-state index contributed by atoms with van der Waals surface area (Å²) in [6.45, 7) is 1.98. The number of halogens is 1. The number of rotatable bonds is 6. The number of aldehydes is 1. The van der Waals surface area contributed by atoms with Crippen molar-refractivity contribution in [1.29, 1.82) is 0 Å². The molecule has 0 aliphatic rings. The van der Waals surface area contributed by atoms with Gasteiger partial charge in [0.2, 0.25) is 5.78 Å². The van der Waals surface area contributed by atoms with Crippen LogP contribution in [0.5, 0.6) is 5.75 Å². The Morgan fingerprint density at radius 2 is 2.15 bits per heavy atom. The number of ether oxygens (including phenoxy) is 1. The van der Waals surface area contributed by atoms with Gasteiger partial charge in [-0.15, -0.1) is 11.3 Å². The summed E-state index contributed by atoms with van der Waals surface area (Å²) in [7, 11) is 0. The van der Waals surface area contributed by atoms with Crippen LogP contribution in [0.15, 0.2) is 30.3 Å². The summed E-state index contributed by atoms with van der Waals surface area (Å²) in [4.78, 5) is 24.4. The molecular formula is C15H13ClO3S. The second-order valence-electron chi connectivity index (χ2n) is 4.14. The highest BCUT2D eigenvalue weighted by Gasteiger charge is 2.11. The molecule has 1 aromatic carbocycles. The molecule has 0 bridgehead atoms. The van der Waals surface area contributed by atoms with Gasteiger partial charge in [-0.25, -0.2) is 0 Å². The van der Waals surface area contributed by atoms with Crippen LogP contribution in [0.4, 0.5) is 0 Å². The molecule has 104 valence electrons. The molecule has 0 aliphatic heterocycles. The molecule has 0 amide bonds. The molecule has 0 N–H and O–H groups in total. The third-order valence-electron chi connectivity index (χ3n) is 2.74. The first-order chi connectivity index (χ1) is 9.63. The van der Waals surface area contributed by atoms with Crippen LogP contribution < -0.4 is 4.74 Å². The Labute approximate surface area is 126 Å². The van der Waals surface area contributed by atoms with Crippen LogP contribution in [-0.4, -0.2) is 18.7 Å². The molecule has 0 saturated carbocycles. The molecule has 0 radical (unpaired) electrons. The van der Waals surface area contributed by atoms with Gasteiger partial charge in [-0.3, -0.25) is 9.59 Å². The number of aryl methyl sites for hydroxylation is 1. The summed E-state index contributed by atoms with van der Waals surface area (Å²) in [5.41, 5.74) is 0.472. The van der Waals surface area contributed by atoms with Gasteiger partial charge in [-0.1, -0.05) is 18.5 Å². The number of carbonyl (C=O) groups is 2. The molecule has 5 heteroatoms. The number of thiophene rings is 1. The lowest BCUT2D eigenvalue weighted by Crippen LogP contribution is -2.10. The Kier molecular flexibility index (Phi) is 4.93. The van der Waals surface area contributed by atoms with Gasteiger partial charge in [0.25, 0.3) is 0 Å². The van der Waals surface area contributed by atoms with E-state index in [1.807, 2.05) is 19.1 Å². The first-order valence-electron chi connectivity index (χ1n) is 6.13. The van der Waals surface area contributed by atoms with E-state index >= 15 is 0 Å². The molecule has 1 heterocycles. The largest absolute Gasteiger partial charge is 0.484 e. The summed E-state index contributed by atoms with van der Waals surface area (Å²) < 4.78 is 5.40. The zero-order chi connectivity index (χ0) is 14.5.